The molecular formula is C23H24N2O7S. The zero-order valence-electron chi connectivity index (χ0n) is 18.0. The summed E-state index contributed by atoms with van der Waals surface area (Å²) in [6.45, 7) is 1.78. The van der Waals surface area contributed by atoms with Crippen LogP contribution in [0.15, 0.2) is 59.5 Å². The Hall–Kier alpha value is -3.08. The molecule has 174 valence electrons. The van der Waals surface area contributed by atoms with Gasteiger partial charge < -0.3 is 9.47 Å². The maximum atomic E-state index is 13.5. The highest BCUT2D eigenvalue weighted by Crippen LogP contribution is 2.31. The maximum Gasteiger partial charge on any atom is 0.308 e. The average molecular weight is 473 g/mol. The number of hydrogen-bond acceptors (Lipinski definition) is 7. The largest absolute Gasteiger partial charge is 0.427 e. The molecule has 2 fully saturated rings. The van der Waals surface area contributed by atoms with Gasteiger partial charge >= 0.3 is 5.97 Å². The molecule has 2 heterocycles. The molecule has 2 saturated heterocycles. The van der Waals surface area contributed by atoms with Crippen LogP contribution in [0.5, 0.6) is 5.75 Å². The van der Waals surface area contributed by atoms with Crippen LogP contribution in [0.4, 0.5) is 5.69 Å². The Balaban J connectivity index is 1.64. The average Bonchev–Trinajstić information content (AvgIpc) is 3.40. The molecule has 0 N–H and O–H groups in total. The summed E-state index contributed by atoms with van der Waals surface area (Å²) >= 11 is 0. The van der Waals surface area contributed by atoms with E-state index in [1.807, 2.05) is 0 Å². The highest BCUT2D eigenvalue weighted by molar-refractivity contribution is 7.89. The van der Waals surface area contributed by atoms with Crippen molar-refractivity contribution < 1.29 is 32.3 Å². The molecule has 2 aromatic carbocycles. The Bertz CT molecular complexity index is 1140. The summed E-state index contributed by atoms with van der Waals surface area (Å²) in [7, 11) is -4.06. The fourth-order valence-electron chi connectivity index (χ4n) is 4.05. The molecule has 0 radical (unpaired) electrons. The van der Waals surface area contributed by atoms with E-state index in [-0.39, 0.29) is 35.4 Å². The van der Waals surface area contributed by atoms with Crippen molar-refractivity contribution in [1.82, 2.24) is 4.31 Å². The summed E-state index contributed by atoms with van der Waals surface area (Å²) in [4.78, 5) is 38.3. The van der Waals surface area contributed by atoms with Crippen molar-refractivity contribution in [3.63, 3.8) is 0 Å². The van der Waals surface area contributed by atoms with Crippen LogP contribution >= 0.6 is 0 Å². The number of benzene rings is 2. The van der Waals surface area contributed by atoms with Crippen LogP contribution in [-0.2, 0) is 29.1 Å². The number of amides is 2. The van der Waals surface area contributed by atoms with Gasteiger partial charge in [-0.2, -0.15) is 4.31 Å². The number of hydrogen-bond donors (Lipinski definition) is 0. The van der Waals surface area contributed by atoms with Gasteiger partial charge in [0.05, 0.1) is 23.1 Å². The molecule has 0 spiro atoms. The molecule has 0 aliphatic carbocycles. The minimum Gasteiger partial charge on any atom is -0.427 e. The first-order valence-electron chi connectivity index (χ1n) is 10.6. The van der Waals surface area contributed by atoms with Crippen LogP contribution in [0, 0.1) is 0 Å². The van der Waals surface area contributed by atoms with E-state index in [4.69, 9.17) is 9.47 Å². The monoisotopic (exact) mass is 472 g/mol. The lowest BCUT2D eigenvalue weighted by molar-refractivity contribution is -0.132. The number of imide groups is 1. The Morgan fingerprint density at radius 2 is 1.82 bits per heavy atom. The minimum atomic E-state index is -4.06. The smallest absolute Gasteiger partial charge is 0.308 e. The second-order valence-electron chi connectivity index (χ2n) is 7.90. The third kappa shape index (κ3) is 4.82. The first-order valence-corrected chi connectivity index (χ1v) is 12.0. The molecule has 4 rings (SSSR count). The minimum absolute atomic E-state index is 0.0137. The van der Waals surface area contributed by atoms with E-state index in [0.717, 1.165) is 15.6 Å². The van der Waals surface area contributed by atoms with Gasteiger partial charge in [-0.1, -0.05) is 18.2 Å². The lowest BCUT2D eigenvalue weighted by Gasteiger charge is -2.28. The zero-order chi connectivity index (χ0) is 23.6. The van der Waals surface area contributed by atoms with Crippen molar-refractivity contribution in [2.75, 3.05) is 18.1 Å². The molecule has 9 nitrogen and oxygen atoms in total. The van der Waals surface area contributed by atoms with Gasteiger partial charge in [0, 0.05) is 20.1 Å². The molecule has 2 aliphatic heterocycles. The third-order valence-corrected chi connectivity index (χ3v) is 7.47. The van der Waals surface area contributed by atoms with E-state index in [9.17, 15) is 22.8 Å². The van der Waals surface area contributed by atoms with Crippen LogP contribution in [0.3, 0.4) is 0 Å². The van der Waals surface area contributed by atoms with Crippen molar-refractivity contribution in [1.29, 1.82) is 0 Å². The van der Waals surface area contributed by atoms with Crippen molar-refractivity contribution in [2.45, 2.75) is 43.2 Å². The Kier molecular flexibility index (Phi) is 6.59. The Morgan fingerprint density at radius 3 is 2.42 bits per heavy atom. The van der Waals surface area contributed by atoms with Crippen molar-refractivity contribution >= 4 is 33.5 Å². The number of carbonyl (C=O) groups excluding carboxylic acids is 3. The molecule has 33 heavy (non-hydrogen) atoms. The molecule has 2 atom stereocenters. The Morgan fingerprint density at radius 1 is 1.12 bits per heavy atom. The van der Waals surface area contributed by atoms with Gasteiger partial charge in [-0.3, -0.25) is 14.4 Å². The first-order chi connectivity index (χ1) is 15.8. The van der Waals surface area contributed by atoms with Crippen LogP contribution in [0.1, 0.15) is 26.2 Å². The van der Waals surface area contributed by atoms with E-state index in [2.05, 4.69) is 0 Å². The van der Waals surface area contributed by atoms with E-state index in [0.29, 0.717) is 13.0 Å². The normalized spacial score (nSPS) is 21.1. The summed E-state index contributed by atoms with van der Waals surface area (Å²) in [6.07, 6.45) is 0.867. The van der Waals surface area contributed by atoms with Gasteiger partial charge in [0.15, 0.2) is 0 Å². The molecular weight excluding hydrogens is 448 g/mol. The van der Waals surface area contributed by atoms with E-state index >= 15 is 0 Å². The van der Waals surface area contributed by atoms with Gasteiger partial charge in [-0.15, -0.1) is 0 Å². The molecule has 0 saturated carbocycles. The number of nitrogens with zero attached hydrogens (tertiary/aromatic N) is 2. The van der Waals surface area contributed by atoms with Crippen molar-refractivity contribution in [3.8, 4) is 5.75 Å². The van der Waals surface area contributed by atoms with Gasteiger partial charge in [-0.05, 0) is 49.2 Å². The summed E-state index contributed by atoms with van der Waals surface area (Å²) in [5, 5.41) is 0. The zero-order valence-corrected chi connectivity index (χ0v) is 18.9. The molecule has 2 amide bonds. The molecule has 2 unspecified atom stereocenters. The first kappa shape index (κ1) is 23.1. The molecule has 0 aromatic heterocycles. The third-order valence-electron chi connectivity index (χ3n) is 5.58. The number of carbonyl (C=O) groups is 3. The number of rotatable bonds is 7. The van der Waals surface area contributed by atoms with Crippen LogP contribution in [-0.4, -0.2) is 55.8 Å². The molecule has 0 bridgehead atoms. The van der Waals surface area contributed by atoms with E-state index in [1.165, 1.54) is 43.3 Å². The van der Waals surface area contributed by atoms with Gasteiger partial charge in [0.2, 0.25) is 15.9 Å². The molecule has 10 heteroatoms. The topological polar surface area (TPSA) is 110 Å². The predicted octanol–water partition coefficient (Wildman–Crippen LogP) is 2.11. The Labute approximate surface area is 191 Å². The molecule has 2 aromatic rings. The number of anilines is 1. The number of ether oxygens (including phenoxy) is 2. The van der Waals surface area contributed by atoms with Crippen molar-refractivity contribution in [2.24, 2.45) is 0 Å². The lowest BCUT2D eigenvalue weighted by atomic mass is 10.2. The highest BCUT2D eigenvalue weighted by atomic mass is 32.2. The maximum absolute atomic E-state index is 13.5. The van der Waals surface area contributed by atoms with Gasteiger partial charge in [-0.25, -0.2) is 13.3 Å². The summed E-state index contributed by atoms with van der Waals surface area (Å²) in [5.74, 6) is -1.36. The quantitative estimate of drug-likeness (QED) is 0.345. The summed E-state index contributed by atoms with van der Waals surface area (Å²) in [5.41, 5.74) is 0.276. The lowest BCUT2D eigenvalue weighted by Crippen LogP contribution is -2.48. The summed E-state index contributed by atoms with van der Waals surface area (Å²) in [6, 6.07) is 12.6. The van der Waals surface area contributed by atoms with Crippen LogP contribution in [0.2, 0.25) is 0 Å². The van der Waals surface area contributed by atoms with Crippen LogP contribution < -0.4 is 9.64 Å². The van der Waals surface area contributed by atoms with Crippen LogP contribution in [0.25, 0.3) is 0 Å². The fourth-order valence-corrected chi connectivity index (χ4v) is 5.69. The van der Waals surface area contributed by atoms with E-state index in [1.54, 1.807) is 18.2 Å². The molecule has 2 aliphatic rings. The highest BCUT2D eigenvalue weighted by Gasteiger charge is 2.47. The van der Waals surface area contributed by atoms with Crippen molar-refractivity contribution in [3.05, 3.63) is 54.6 Å². The standard InChI is InChI=1S/C23H24N2O7S/c1-16(26)32-18-11-9-17(10-12-18)25-22(27)14-21(23(25)28)24(15-19-6-5-13-31-19)33(29,30)20-7-3-2-4-8-20/h2-4,7-12,19,21H,5-6,13-15H2,1H3. The summed E-state index contributed by atoms with van der Waals surface area (Å²) < 4.78 is 38.7. The predicted molar refractivity (Wildman–Crippen MR) is 118 cm³/mol. The SMILES string of the molecule is CC(=O)Oc1ccc(N2C(=O)CC(N(CC3CCCO3)S(=O)(=O)c3ccccc3)C2=O)cc1. The number of esters is 1. The number of sulfonamides is 1. The second-order valence-corrected chi connectivity index (χ2v) is 9.79. The fraction of sp³-hybridized carbons (Fsp3) is 0.348. The van der Waals surface area contributed by atoms with Gasteiger partial charge in [0.25, 0.3) is 5.91 Å². The van der Waals surface area contributed by atoms with Gasteiger partial charge in [0.1, 0.15) is 11.8 Å². The second kappa shape index (κ2) is 9.42. The van der Waals surface area contributed by atoms with E-state index < -0.39 is 33.8 Å².